The number of rotatable bonds is 16. The Hall–Kier alpha value is -4.89. The number of hydrogen-bond acceptors (Lipinski definition) is 10. The number of nitrogens with one attached hydrogen (secondary N) is 2. The fourth-order valence-corrected chi connectivity index (χ4v) is 9.02. The predicted molar refractivity (Wildman–Crippen MR) is 229 cm³/mol. The van der Waals surface area contributed by atoms with Gasteiger partial charge in [0, 0.05) is 95.3 Å². The molecule has 3 fully saturated rings. The van der Waals surface area contributed by atoms with Gasteiger partial charge in [0.1, 0.15) is 11.7 Å². The van der Waals surface area contributed by atoms with Crippen molar-refractivity contribution >= 4 is 39.8 Å². The van der Waals surface area contributed by atoms with E-state index in [2.05, 4.69) is 67.4 Å². The molecule has 14 nitrogen and oxygen atoms in total. The van der Waals surface area contributed by atoms with E-state index in [1.807, 2.05) is 24.4 Å². The number of carbonyl (C=O) groups is 2. The van der Waals surface area contributed by atoms with Gasteiger partial charge in [-0.25, -0.2) is 9.78 Å². The maximum Gasteiger partial charge on any atom is 0.329 e. The summed E-state index contributed by atoms with van der Waals surface area (Å²) in [5.41, 5.74) is 6.96. The zero-order valence-electron chi connectivity index (χ0n) is 34.6. The molecule has 5 heterocycles. The predicted octanol–water partition coefficient (Wildman–Crippen LogP) is 5.18. The highest BCUT2D eigenvalue weighted by Gasteiger charge is 2.31. The van der Waals surface area contributed by atoms with Crippen LogP contribution in [-0.4, -0.2) is 109 Å². The number of piperazine rings is 1. The van der Waals surface area contributed by atoms with E-state index in [0.717, 1.165) is 125 Å². The minimum Gasteiger partial charge on any atom is -0.393 e. The minimum atomic E-state index is -0.677. The molecule has 0 bridgehead atoms. The average Bonchev–Trinajstić information content (AvgIpc) is 3.74. The maximum atomic E-state index is 13.1. The van der Waals surface area contributed by atoms with Gasteiger partial charge in [-0.15, -0.1) is 0 Å². The highest BCUT2D eigenvalue weighted by Crippen LogP contribution is 2.37. The number of amides is 2. The number of imide groups is 1. The third kappa shape index (κ3) is 9.30. The van der Waals surface area contributed by atoms with Crippen LogP contribution in [0.4, 0.5) is 5.95 Å². The van der Waals surface area contributed by atoms with Gasteiger partial charge in [0.25, 0.3) is 0 Å². The van der Waals surface area contributed by atoms with Crippen molar-refractivity contribution in [1.29, 1.82) is 0 Å². The van der Waals surface area contributed by atoms with Crippen molar-refractivity contribution < 1.29 is 19.4 Å². The molecule has 59 heavy (non-hydrogen) atoms. The first-order valence-corrected chi connectivity index (χ1v) is 21.7. The largest absolute Gasteiger partial charge is 0.393 e. The molecule has 0 unspecified atom stereocenters. The van der Waals surface area contributed by atoms with Crippen LogP contribution in [0, 0.1) is 0 Å². The first-order chi connectivity index (χ1) is 28.7. The number of unbranched alkanes of at least 4 members (excludes halogenated alkanes) is 1. The highest BCUT2D eigenvalue weighted by atomic mass is 16.5. The number of carbonyl (C=O) groups excluding carboxylic acids is 2. The second-order valence-electron chi connectivity index (χ2n) is 16.7. The summed E-state index contributed by atoms with van der Waals surface area (Å²) in [6.07, 6.45) is 12.0. The third-order valence-electron chi connectivity index (χ3n) is 12.6. The number of piperidine rings is 1. The molecule has 1 saturated carbocycles. The first-order valence-electron chi connectivity index (χ1n) is 21.7. The normalized spacial score (nSPS) is 20.8. The molecule has 0 spiro atoms. The van der Waals surface area contributed by atoms with Gasteiger partial charge in [-0.1, -0.05) is 43.7 Å². The lowest BCUT2D eigenvalue weighted by atomic mass is 9.93. The number of aryl methyl sites for hydroxylation is 2. The van der Waals surface area contributed by atoms with E-state index < -0.39 is 11.9 Å². The summed E-state index contributed by atoms with van der Waals surface area (Å²) in [5.74, 6) is -0.0366. The van der Waals surface area contributed by atoms with Crippen molar-refractivity contribution in [2.75, 3.05) is 57.8 Å². The second-order valence-corrected chi connectivity index (χ2v) is 16.7. The Kier molecular flexibility index (Phi) is 12.9. The van der Waals surface area contributed by atoms with E-state index in [-0.39, 0.29) is 24.1 Å². The van der Waals surface area contributed by atoms with E-state index in [1.54, 1.807) is 11.6 Å². The van der Waals surface area contributed by atoms with Gasteiger partial charge in [0.05, 0.1) is 23.7 Å². The van der Waals surface area contributed by atoms with Crippen molar-refractivity contribution in [2.24, 2.45) is 7.05 Å². The van der Waals surface area contributed by atoms with Gasteiger partial charge >= 0.3 is 5.69 Å². The monoisotopic (exact) mass is 805 g/mol. The van der Waals surface area contributed by atoms with E-state index in [0.29, 0.717) is 37.1 Å². The first kappa shape index (κ1) is 40.9. The molecule has 314 valence electrons. The average molecular weight is 806 g/mol. The number of aliphatic hydroxyl groups is 1. The second kappa shape index (κ2) is 18.6. The van der Waals surface area contributed by atoms with Crippen molar-refractivity contribution in [3.63, 3.8) is 0 Å². The van der Waals surface area contributed by atoms with Crippen LogP contribution in [0.3, 0.4) is 0 Å². The number of anilines is 1. The molecular formula is C45H59N9O5. The topological polar surface area (TPSA) is 152 Å². The molecule has 2 aliphatic heterocycles. The summed E-state index contributed by atoms with van der Waals surface area (Å²) in [6, 6.07) is 14.6. The molecule has 8 rings (SSSR count). The number of aromatic nitrogens is 5. The lowest BCUT2D eigenvalue weighted by Crippen LogP contribution is -2.46. The summed E-state index contributed by atoms with van der Waals surface area (Å²) in [7, 11) is 1.72. The van der Waals surface area contributed by atoms with Crippen LogP contribution in [0.1, 0.15) is 87.9 Å². The van der Waals surface area contributed by atoms with Gasteiger partial charge in [-0.3, -0.25) is 33.8 Å². The van der Waals surface area contributed by atoms with E-state index in [4.69, 9.17) is 9.72 Å². The molecule has 3 aromatic heterocycles. The van der Waals surface area contributed by atoms with Crippen LogP contribution >= 0.6 is 0 Å². The lowest BCUT2D eigenvalue weighted by molar-refractivity contribution is -0.135. The summed E-state index contributed by atoms with van der Waals surface area (Å²) >= 11 is 0. The Morgan fingerprint density at radius 3 is 2.42 bits per heavy atom. The zero-order valence-corrected chi connectivity index (χ0v) is 34.6. The molecule has 2 amide bonds. The standard InChI is InChI=1S/C45H59N9O5/c1-3-4-19-46-44-47-28-36-37(30-53(42(36)49-44)34-12-14-35(55)15-13-34)33-10-7-32(8-11-33)29-52-22-20-51(21-23-52)24-26-59-25-5-6-31-9-16-38-40(27-31)50(2)45(58)54(38)39-17-18-41(56)48-43(39)57/h7-11,16,27-28,30,34-35,39,55H,3-6,12-15,17-26,29H2,1-2H3,(H,46,47,49)(H,48,56,57)/t34?,35?,39-/m0/s1. The fraction of sp³-hybridized carbons (Fsp3) is 0.533. The van der Waals surface area contributed by atoms with Gasteiger partial charge in [0.15, 0.2) is 0 Å². The molecule has 3 aliphatic rings. The number of hydrogen-bond donors (Lipinski definition) is 3. The fourth-order valence-electron chi connectivity index (χ4n) is 9.02. The summed E-state index contributed by atoms with van der Waals surface area (Å²) in [5, 5.41) is 17.0. The van der Waals surface area contributed by atoms with E-state index in [1.165, 1.54) is 15.7 Å². The molecule has 3 N–H and O–H groups in total. The van der Waals surface area contributed by atoms with Crippen molar-refractivity contribution in [2.45, 2.75) is 95.9 Å². The summed E-state index contributed by atoms with van der Waals surface area (Å²) < 4.78 is 11.5. The Labute approximate surface area is 345 Å². The molecular weight excluding hydrogens is 747 g/mol. The Balaban J connectivity index is 0.785. The minimum absolute atomic E-state index is 0.201. The van der Waals surface area contributed by atoms with E-state index in [9.17, 15) is 19.5 Å². The molecule has 1 atom stereocenters. The van der Waals surface area contributed by atoms with Crippen molar-refractivity contribution in [3.05, 3.63) is 76.5 Å². The Bertz CT molecular complexity index is 2300. The molecule has 1 aliphatic carbocycles. The maximum absolute atomic E-state index is 13.1. The van der Waals surface area contributed by atoms with Crippen LogP contribution in [0.2, 0.25) is 0 Å². The van der Waals surface area contributed by atoms with Crippen LogP contribution in [0.15, 0.2) is 59.7 Å². The van der Waals surface area contributed by atoms with Crippen molar-refractivity contribution in [3.8, 4) is 11.1 Å². The lowest BCUT2D eigenvalue weighted by Gasteiger charge is -2.34. The molecule has 5 aromatic rings. The quantitative estimate of drug-likeness (QED) is 0.0899. The highest BCUT2D eigenvalue weighted by molar-refractivity contribution is 6.00. The SMILES string of the molecule is CCCCNc1ncc2c(-c3ccc(CN4CCN(CCOCCCc5ccc6c(c5)n(C)c(=O)n6[C@H]5CCC(=O)NC5=O)CC4)cc3)cn(C3CCC(O)CC3)c2n1. The zero-order chi connectivity index (χ0) is 40.9. The van der Waals surface area contributed by atoms with Crippen molar-refractivity contribution in [1.82, 2.24) is 38.8 Å². The summed E-state index contributed by atoms with van der Waals surface area (Å²) in [6.45, 7) is 10.3. The molecule has 0 radical (unpaired) electrons. The van der Waals surface area contributed by atoms with Crippen LogP contribution < -0.4 is 16.3 Å². The van der Waals surface area contributed by atoms with Gasteiger partial charge < -0.3 is 19.7 Å². The number of imidazole rings is 1. The van der Waals surface area contributed by atoms with Crippen LogP contribution in [0.25, 0.3) is 33.2 Å². The van der Waals surface area contributed by atoms with Gasteiger partial charge in [-0.2, -0.15) is 4.98 Å². The molecule has 14 heteroatoms. The number of benzene rings is 2. The Morgan fingerprint density at radius 1 is 0.898 bits per heavy atom. The smallest absolute Gasteiger partial charge is 0.329 e. The van der Waals surface area contributed by atoms with Gasteiger partial charge in [0.2, 0.25) is 17.8 Å². The number of ether oxygens (including phenoxy) is 1. The van der Waals surface area contributed by atoms with Gasteiger partial charge in [-0.05, 0) is 80.2 Å². The third-order valence-corrected chi connectivity index (χ3v) is 12.6. The molecule has 2 saturated heterocycles. The van der Waals surface area contributed by atoms with Crippen LogP contribution in [-0.2, 0) is 34.3 Å². The molecule has 2 aromatic carbocycles. The Morgan fingerprint density at radius 2 is 1.66 bits per heavy atom. The van der Waals surface area contributed by atoms with Crippen LogP contribution in [0.5, 0.6) is 0 Å². The number of nitrogens with zero attached hydrogens (tertiary/aromatic N) is 7. The number of aliphatic hydroxyl groups excluding tert-OH is 1. The summed E-state index contributed by atoms with van der Waals surface area (Å²) in [4.78, 5) is 51.9. The number of fused-ring (bicyclic) bond motifs is 2. The van der Waals surface area contributed by atoms with E-state index >= 15 is 0 Å².